The Balaban J connectivity index is 4.09. The number of carbonyl (C=O) groups is 3. The molecule has 0 aromatic carbocycles. The van der Waals surface area contributed by atoms with Crippen LogP contribution in [0.2, 0.25) is 0 Å². The molecule has 0 aliphatic rings. The summed E-state index contributed by atoms with van der Waals surface area (Å²) in [5, 5.41) is 11.7. The summed E-state index contributed by atoms with van der Waals surface area (Å²) in [6, 6.07) is 0. The molecule has 0 aliphatic carbocycles. The lowest BCUT2D eigenvalue weighted by Crippen LogP contribution is -2.44. The lowest BCUT2D eigenvalue weighted by Gasteiger charge is -2.26. The molecule has 2 atom stereocenters. The number of aliphatic carboxylic acids is 1. The SMILES string of the molecule is CC/C=C\C/C=C\C/C=C\C/C=C\C/C=C\C/C=C\C/C=C\C/C=C\CCCCCCCCCCCCCCC(=O)OC(COC(=O)CCCCCCC/C=C\CCC)COC(OCC[N+](C)(C)C)C(=O)[O-]. The minimum Gasteiger partial charge on any atom is -0.545 e. The molecule has 72 heavy (non-hydrogen) atoms. The smallest absolute Gasteiger partial charge is 0.306 e. The van der Waals surface area contributed by atoms with Gasteiger partial charge in [0.2, 0.25) is 0 Å². The number of carboxylic acid groups (broad SMARTS) is 1. The number of carbonyl (C=O) groups excluding carboxylic acids is 3. The third kappa shape index (κ3) is 53.7. The van der Waals surface area contributed by atoms with Crippen molar-refractivity contribution in [3.63, 3.8) is 0 Å². The summed E-state index contributed by atoms with van der Waals surface area (Å²) in [5.41, 5.74) is 0. The molecule has 9 heteroatoms. The third-order valence-corrected chi connectivity index (χ3v) is 11.7. The Labute approximate surface area is 441 Å². The van der Waals surface area contributed by atoms with Crippen LogP contribution >= 0.6 is 0 Å². The van der Waals surface area contributed by atoms with E-state index in [0.717, 1.165) is 116 Å². The zero-order valence-corrected chi connectivity index (χ0v) is 46.5. The summed E-state index contributed by atoms with van der Waals surface area (Å²) in [4.78, 5) is 37.1. The molecule has 0 radical (unpaired) electrons. The minimum atomic E-state index is -1.63. The number of hydrogen-bond acceptors (Lipinski definition) is 8. The first-order valence-corrected chi connectivity index (χ1v) is 28.5. The molecule has 0 saturated heterocycles. The van der Waals surface area contributed by atoms with Crippen LogP contribution in [0, 0.1) is 0 Å². The predicted octanol–water partition coefficient (Wildman–Crippen LogP) is 15.4. The Morgan fingerprint density at radius 1 is 0.431 bits per heavy atom. The van der Waals surface area contributed by atoms with Gasteiger partial charge in [-0.2, -0.15) is 0 Å². The highest BCUT2D eigenvalue weighted by atomic mass is 16.7. The van der Waals surface area contributed by atoms with Gasteiger partial charge in [0.05, 0.1) is 40.3 Å². The van der Waals surface area contributed by atoms with Crippen molar-refractivity contribution in [3.8, 4) is 0 Å². The Kier molecular flexibility index (Phi) is 50.3. The summed E-state index contributed by atoms with van der Waals surface area (Å²) >= 11 is 0. The van der Waals surface area contributed by atoms with Gasteiger partial charge < -0.3 is 33.3 Å². The van der Waals surface area contributed by atoms with Gasteiger partial charge in [-0.3, -0.25) is 9.59 Å². The topological polar surface area (TPSA) is 111 Å². The van der Waals surface area contributed by atoms with Crippen LogP contribution in [0.3, 0.4) is 0 Å². The van der Waals surface area contributed by atoms with Gasteiger partial charge in [-0.15, -0.1) is 0 Å². The maximum absolute atomic E-state index is 12.8. The number of hydrogen-bond donors (Lipinski definition) is 0. The van der Waals surface area contributed by atoms with Crippen molar-refractivity contribution >= 4 is 17.9 Å². The molecule has 0 aromatic rings. The van der Waals surface area contributed by atoms with Crippen LogP contribution in [0.5, 0.6) is 0 Å². The third-order valence-electron chi connectivity index (χ3n) is 11.7. The Hall–Kier alpha value is -4.05. The number of ether oxygens (including phenoxy) is 4. The number of nitrogens with zero attached hydrogens (tertiary/aromatic N) is 1. The number of allylic oxidation sites excluding steroid dienone is 18. The van der Waals surface area contributed by atoms with Crippen molar-refractivity contribution in [2.24, 2.45) is 0 Å². The fourth-order valence-electron chi connectivity index (χ4n) is 7.38. The number of likely N-dealkylation sites (N-methyl/N-ethyl adjacent to an activating group) is 1. The van der Waals surface area contributed by atoms with Crippen LogP contribution in [0.25, 0.3) is 0 Å². The number of quaternary nitrogens is 1. The normalized spacial score (nSPS) is 13.6. The van der Waals surface area contributed by atoms with E-state index < -0.39 is 24.3 Å². The van der Waals surface area contributed by atoms with Gasteiger partial charge in [-0.05, 0) is 96.3 Å². The van der Waals surface area contributed by atoms with Crippen molar-refractivity contribution in [1.29, 1.82) is 0 Å². The molecule has 0 aliphatic heterocycles. The van der Waals surface area contributed by atoms with E-state index in [0.29, 0.717) is 17.4 Å². The molecule has 0 bridgehead atoms. The minimum absolute atomic E-state index is 0.142. The van der Waals surface area contributed by atoms with Crippen LogP contribution in [0.15, 0.2) is 109 Å². The molecule has 0 spiro atoms. The largest absolute Gasteiger partial charge is 0.545 e. The van der Waals surface area contributed by atoms with Crippen molar-refractivity contribution in [2.45, 2.75) is 225 Å². The summed E-state index contributed by atoms with van der Waals surface area (Å²) in [7, 11) is 5.90. The Bertz CT molecular complexity index is 1540. The number of unbranched alkanes of at least 4 members (excludes halogenated alkanes) is 18. The van der Waals surface area contributed by atoms with E-state index in [4.69, 9.17) is 18.9 Å². The molecule has 0 aromatic heterocycles. The van der Waals surface area contributed by atoms with Crippen LogP contribution in [-0.4, -0.2) is 82.3 Å². The lowest BCUT2D eigenvalue weighted by atomic mass is 10.0. The maximum Gasteiger partial charge on any atom is 0.306 e. The average molecular weight is 1000 g/mol. The molecule has 0 heterocycles. The van der Waals surface area contributed by atoms with Gasteiger partial charge in [-0.1, -0.05) is 213 Å². The van der Waals surface area contributed by atoms with Gasteiger partial charge in [0.1, 0.15) is 13.2 Å². The standard InChI is InChI=1S/C63H105NO8/c1-6-8-10-12-14-16-18-19-20-21-22-23-24-25-26-27-28-29-30-31-32-33-34-35-36-37-38-39-40-41-42-43-44-46-48-50-52-54-61(66)72-59(58-71-63(62(67)68)69-56-55-64(3,4)5)57-70-60(65)53-51-49-47-45-17-15-13-11-9-7-2/h8,10-11,13-14,16,19-20,22-23,25-26,28-29,31-32,34-35,59,63H,6-7,9,12,15,17-18,21,24,27,30,33,36-58H2,1-5H3/b10-8-,13-11-,16-14-,20-19-,23-22-,26-25-,29-28-,32-31-,35-34-. The average Bonchev–Trinajstić information content (AvgIpc) is 3.35. The molecule has 0 rings (SSSR count). The second kappa shape index (κ2) is 53.2. The molecule has 0 amide bonds. The molecule has 410 valence electrons. The molecule has 0 fully saturated rings. The molecule has 0 saturated carbocycles. The first kappa shape index (κ1) is 68.0. The van der Waals surface area contributed by atoms with Gasteiger partial charge >= 0.3 is 11.9 Å². The first-order valence-electron chi connectivity index (χ1n) is 28.5. The van der Waals surface area contributed by atoms with E-state index in [1.54, 1.807) is 0 Å². The Morgan fingerprint density at radius 2 is 0.792 bits per heavy atom. The second-order valence-electron chi connectivity index (χ2n) is 19.8. The molecular weight excluding hydrogens is 899 g/mol. The van der Waals surface area contributed by atoms with Crippen molar-refractivity contribution in [1.82, 2.24) is 0 Å². The van der Waals surface area contributed by atoms with Crippen molar-refractivity contribution in [3.05, 3.63) is 109 Å². The highest BCUT2D eigenvalue weighted by molar-refractivity contribution is 5.70. The van der Waals surface area contributed by atoms with Crippen LogP contribution in [0.1, 0.15) is 213 Å². The van der Waals surface area contributed by atoms with E-state index in [2.05, 4.69) is 123 Å². The fraction of sp³-hybridized carbons (Fsp3) is 0.667. The predicted molar refractivity (Wildman–Crippen MR) is 301 cm³/mol. The lowest BCUT2D eigenvalue weighted by molar-refractivity contribution is -0.870. The van der Waals surface area contributed by atoms with Gasteiger partial charge in [0, 0.05) is 12.8 Å². The van der Waals surface area contributed by atoms with Gasteiger partial charge in [0.25, 0.3) is 0 Å². The zero-order valence-electron chi connectivity index (χ0n) is 46.5. The summed E-state index contributed by atoms with van der Waals surface area (Å²) < 4.78 is 22.6. The quantitative estimate of drug-likeness (QED) is 0.0195. The monoisotopic (exact) mass is 1000 g/mol. The second-order valence-corrected chi connectivity index (χ2v) is 19.8. The van der Waals surface area contributed by atoms with E-state index in [1.807, 2.05) is 21.1 Å². The first-order chi connectivity index (χ1) is 35.1. The number of esters is 2. The summed E-state index contributed by atoms with van der Waals surface area (Å²) in [6.45, 7) is 4.54. The molecule has 0 N–H and O–H groups in total. The van der Waals surface area contributed by atoms with Gasteiger partial charge in [0.15, 0.2) is 12.4 Å². The maximum atomic E-state index is 12.8. The van der Waals surface area contributed by atoms with Crippen LogP contribution in [0.4, 0.5) is 0 Å². The summed E-state index contributed by atoms with van der Waals surface area (Å²) in [6.07, 6.45) is 70.2. The van der Waals surface area contributed by atoms with Crippen LogP contribution < -0.4 is 5.11 Å². The van der Waals surface area contributed by atoms with E-state index in [1.165, 1.54) is 64.2 Å². The summed E-state index contributed by atoms with van der Waals surface area (Å²) in [5.74, 6) is -2.31. The Morgan fingerprint density at radius 3 is 1.19 bits per heavy atom. The highest BCUT2D eigenvalue weighted by Gasteiger charge is 2.22. The highest BCUT2D eigenvalue weighted by Crippen LogP contribution is 2.15. The van der Waals surface area contributed by atoms with Crippen molar-refractivity contribution < 1.29 is 42.9 Å². The number of carboxylic acids is 1. The molecular formula is C63H105NO8. The zero-order chi connectivity index (χ0) is 52.7. The van der Waals surface area contributed by atoms with E-state index in [9.17, 15) is 19.5 Å². The molecule has 9 nitrogen and oxygen atoms in total. The number of rotatable bonds is 51. The van der Waals surface area contributed by atoms with E-state index in [-0.39, 0.29) is 38.6 Å². The fourth-order valence-corrected chi connectivity index (χ4v) is 7.38. The molecule has 2 unspecified atom stereocenters. The van der Waals surface area contributed by atoms with Crippen molar-refractivity contribution in [2.75, 3.05) is 47.5 Å². The van der Waals surface area contributed by atoms with Crippen LogP contribution in [-0.2, 0) is 33.3 Å². The van der Waals surface area contributed by atoms with E-state index >= 15 is 0 Å². The van der Waals surface area contributed by atoms with Gasteiger partial charge in [-0.25, -0.2) is 0 Å².